The first kappa shape index (κ1) is 11.9. The highest BCUT2D eigenvalue weighted by Crippen LogP contribution is 2.23. The molecule has 0 radical (unpaired) electrons. The first-order chi connectivity index (χ1) is 7.33. The van der Waals surface area contributed by atoms with Gasteiger partial charge in [-0.3, -0.25) is 4.98 Å². The standard InChI is InChI=1S/C11H18N2O2/c1-4-15-8-10(12-2)9-5-6-13-7-11(9)14-3/h5-7,10,12H,4,8H2,1-3H3. The van der Waals surface area contributed by atoms with Gasteiger partial charge < -0.3 is 14.8 Å². The average molecular weight is 210 g/mol. The van der Waals surface area contributed by atoms with Crippen LogP contribution in [0.5, 0.6) is 5.75 Å². The summed E-state index contributed by atoms with van der Waals surface area (Å²) < 4.78 is 10.7. The highest BCUT2D eigenvalue weighted by Gasteiger charge is 2.13. The van der Waals surface area contributed by atoms with Crippen LogP contribution in [0.25, 0.3) is 0 Å². The van der Waals surface area contributed by atoms with E-state index in [4.69, 9.17) is 9.47 Å². The van der Waals surface area contributed by atoms with Gasteiger partial charge >= 0.3 is 0 Å². The lowest BCUT2D eigenvalue weighted by Crippen LogP contribution is -2.22. The summed E-state index contributed by atoms with van der Waals surface area (Å²) in [6.45, 7) is 3.33. The van der Waals surface area contributed by atoms with Crippen LogP contribution >= 0.6 is 0 Å². The zero-order chi connectivity index (χ0) is 11.1. The first-order valence-corrected chi connectivity index (χ1v) is 5.06. The Morgan fingerprint density at radius 3 is 2.93 bits per heavy atom. The van der Waals surface area contributed by atoms with Gasteiger partial charge in [0.25, 0.3) is 0 Å². The molecule has 1 rings (SSSR count). The van der Waals surface area contributed by atoms with Crippen LogP contribution in [0.3, 0.4) is 0 Å². The quantitative estimate of drug-likeness (QED) is 0.770. The van der Waals surface area contributed by atoms with Crippen LogP contribution in [0.15, 0.2) is 18.5 Å². The molecule has 1 aromatic rings. The van der Waals surface area contributed by atoms with E-state index >= 15 is 0 Å². The van der Waals surface area contributed by atoms with Crippen molar-refractivity contribution < 1.29 is 9.47 Å². The Hall–Kier alpha value is -1.13. The minimum absolute atomic E-state index is 0.142. The van der Waals surface area contributed by atoms with Crippen LogP contribution in [0.4, 0.5) is 0 Å². The van der Waals surface area contributed by atoms with Crippen LogP contribution in [0.2, 0.25) is 0 Å². The van der Waals surface area contributed by atoms with Crippen molar-refractivity contribution in [1.29, 1.82) is 0 Å². The summed E-state index contributed by atoms with van der Waals surface area (Å²) in [5.74, 6) is 0.788. The van der Waals surface area contributed by atoms with Gasteiger partial charge in [0.15, 0.2) is 0 Å². The smallest absolute Gasteiger partial charge is 0.142 e. The minimum Gasteiger partial charge on any atom is -0.495 e. The molecule has 0 saturated carbocycles. The molecule has 0 spiro atoms. The average Bonchev–Trinajstić information content (AvgIpc) is 2.30. The predicted molar refractivity (Wildman–Crippen MR) is 59.1 cm³/mol. The second kappa shape index (κ2) is 6.37. The summed E-state index contributed by atoms with van der Waals surface area (Å²) in [5.41, 5.74) is 1.07. The van der Waals surface area contributed by atoms with E-state index in [9.17, 15) is 0 Å². The molecular formula is C11H18N2O2. The van der Waals surface area contributed by atoms with Gasteiger partial charge in [-0.2, -0.15) is 0 Å². The van der Waals surface area contributed by atoms with Crippen LogP contribution in [-0.4, -0.2) is 32.4 Å². The highest BCUT2D eigenvalue weighted by molar-refractivity contribution is 5.32. The molecule has 0 saturated heterocycles. The highest BCUT2D eigenvalue weighted by atomic mass is 16.5. The number of likely N-dealkylation sites (N-methyl/N-ethyl adjacent to an activating group) is 1. The van der Waals surface area contributed by atoms with Crippen LogP contribution in [0.1, 0.15) is 18.5 Å². The Morgan fingerprint density at radius 2 is 2.33 bits per heavy atom. The molecule has 4 nitrogen and oxygen atoms in total. The van der Waals surface area contributed by atoms with E-state index < -0.39 is 0 Å². The van der Waals surface area contributed by atoms with Crippen molar-refractivity contribution >= 4 is 0 Å². The molecule has 0 amide bonds. The summed E-state index contributed by atoms with van der Waals surface area (Å²) in [5, 5.41) is 3.20. The van der Waals surface area contributed by atoms with Gasteiger partial charge in [0.05, 0.1) is 26.0 Å². The topological polar surface area (TPSA) is 43.4 Å². The van der Waals surface area contributed by atoms with Crippen molar-refractivity contribution in [3.8, 4) is 5.75 Å². The summed E-state index contributed by atoms with van der Waals surface area (Å²) in [4.78, 5) is 4.02. The third-order valence-electron chi connectivity index (χ3n) is 2.25. The molecular weight excluding hydrogens is 192 g/mol. The van der Waals surface area contributed by atoms with E-state index in [1.807, 2.05) is 20.0 Å². The van der Waals surface area contributed by atoms with E-state index in [-0.39, 0.29) is 6.04 Å². The second-order valence-corrected chi connectivity index (χ2v) is 3.12. The van der Waals surface area contributed by atoms with Crippen molar-refractivity contribution in [1.82, 2.24) is 10.3 Å². The lowest BCUT2D eigenvalue weighted by molar-refractivity contribution is 0.124. The van der Waals surface area contributed by atoms with Crippen LogP contribution in [-0.2, 0) is 4.74 Å². The zero-order valence-corrected chi connectivity index (χ0v) is 9.49. The molecule has 4 heteroatoms. The third-order valence-corrected chi connectivity index (χ3v) is 2.25. The van der Waals surface area contributed by atoms with Crippen LogP contribution in [0, 0.1) is 0 Å². The largest absolute Gasteiger partial charge is 0.495 e. The van der Waals surface area contributed by atoms with Crippen molar-refractivity contribution in [3.05, 3.63) is 24.0 Å². The van der Waals surface area contributed by atoms with E-state index in [0.29, 0.717) is 13.2 Å². The number of hydrogen-bond acceptors (Lipinski definition) is 4. The van der Waals surface area contributed by atoms with Crippen molar-refractivity contribution in [2.75, 3.05) is 27.4 Å². The van der Waals surface area contributed by atoms with Gasteiger partial charge in [-0.15, -0.1) is 0 Å². The van der Waals surface area contributed by atoms with Crippen molar-refractivity contribution in [3.63, 3.8) is 0 Å². The zero-order valence-electron chi connectivity index (χ0n) is 9.49. The molecule has 0 fully saturated rings. The molecule has 0 bridgehead atoms. The normalized spacial score (nSPS) is 12.5. The maximum atomic E-state index is 5.40. The van der Waals surface area contributed by atoms with E-state index in [0.717, 1.165) is 11.3 Å². The fraction of sp³-hybridized carbons (Fsp3) is 0.545. The maximum absolute atomic E-state index is 5.40. The molecule has 1 unspecified atom stereocenters. The Kier molecular flexibility index (Phi) is 5.07. The predicted octanol–water partition coefficient (Wildman–Crippen LogP) is 1.39. The van der Waals surface area contributed by atoms with Gasteiger partial charge in [-0.1, -0.05) is 0 Å². The summed E-state index contributed by atoms with van der Waals surface area (Å²) in [6.07, 6.45) is 3.47. The molecule has 0 aliphatic carbocycles. The number of nitrogens with zero attached hydrogens (tertiary/aromatic N) is 1. The fourth-order valence-electron chi connectivity index (χ4n) is 1.41. The Labute approximate surface area is 90.6 Å². The van der Waals surface area contributed by atoms with Crippen LogP contribution < -0.4 is 10.1 Å². The minimum atomic E-state index is 0.142. The number of ether oxygens (including phenoxy) is 2. The number of nitrogens with one attached hydrogen (secondary N) is 1. The van der Waals surface area contributed by atoms with Crippen molar-refractivity contribution in [2.24, 2.45) is 0 Å². The number of hydrogen-bond donors (Lipinski definition) is 1. The third kappa shape index (κ3) is 3.18. The molecule has 84 valence electrons. The number of methoxy groups -OCH3 is 1. The molecule has 15 heavy (non-hydrogen) atoms. The van der Waals surface area contributed by atoms with E-state index in [1.54, 1.807) is 19.5 Å². The maximum Gasteiger partial charge on any atom is 0.142 e. The van der Waals surface area contributed by atoms with Gasteiger partial charge in [-0.05, 0) is 20.0 Å². The number of aromatic nitrogens is 1. The summed E-state index contributed by atoms with van der Waals surface area (Å²) in [7, 11) is 3.55. The Morgan fingerprint density at radius 1 is 1.53 bits per heavy atom. The van der Waals surface area contributed by atoms with Crippen molar-refractivity contribution in [2.45, 2.75) is 13.0 Å². The molecule has 0 aliphatic rings. The fourth-order valence-corrected chi connectivity index (χ4v) is 1.41. The lowest BCUT2D eigenvalue weighted by Gasteiger charge is -2.18. The number of rotatable bonds is 6. The van der Waals surface area contributed by atoms with Gasteiger partial charge in [0.2, 0.25) is 0 Å². The Balaban J connectivity index is 2.80. The van der Waals surface area contributed by atoms with Gasteiger partial charge in [0.1, 0.15) is 5.75 Å². The molecule has 0 aromatic carbocycles. The molecule has 1 N–H and O–H groups in total. The van der Waals surface area contributed by atoms with Gasteiger partial charge in [-0.25, -0.2) is 0 Å². The lowest BCUT2D eigenvalue weighted by atomic mass is 10.1. The first-order valence-electron chi connectivity index (χ1n) is 5.06. The second-order valence-electron chi connectivity index (χ2n) is 3.12. The number of pyridine rings is 1. The SMILES string of the molecule is CCOCC(NC)c1ccncc1OC. The Bertz CT molecular complexity index is 292. The molecule has 1 aromatic heterocycles. The monoisotopic (exact) mass is 210 g/mol. The van der Waals surface area contributed by atoms with E-state index in [1.165, 1.54) is 0 Å². The molecule has 1 heterocycles. The summed E-state index contributed by atoms with van der Waals surface area (Å²) in [6, 6.07) is 2.09. The summed E-state index contributed by atoms with van der Waals surface area (Å²) >= 11 is 0. The van der Waals surface area contributed by atoms with Gasteiger partial charge in [0, 0.05) is 18.4 Å². The molecule has 0 aliphatic heterocycles. The van der Waals surface area contributed by atoms with E-state index in [2.05, 4.69) is 10.3 Å². The molecule has 1 atom stereocenters.